The number of rotatable bonds is 3. The van der Waals surface area contributed by atoms with Crippen LogP contribution in [-0.4, -0.2) is 46.5 Å². The molecule has 0 radical (unpaired) electrons. The molecule has 0 aromatic heterocycles. The average Bonchev–Trinajstić information content (AvgIpc) is 2.65. The molecule has 1 aromatic carbocycles. The van der Waals surface area contributed by atoms with Gasteiger partial charge in [0.25, 0.3) is 0 Å². The third-order valence-electron chi connectivity index (χ3n) is 4.52. The van der Waals surface area contributed by atoms with E-state index >= 15 is 0 Å². The summed E-state index contributed by atoms with van der Waals surface area (Å²) >= 11 is 0. The number of nitrogens with two attached hydrogens (primary N) is 1. The fourth-order valence-corrected chi connectivity index (χ4v) is 3.06. The first-order chi connectivity index (χ1) is 11.2. The summed E-state index contributed by atoms with van der Waals surface area (Å²) in [6, 6.07) is 7.16. The van der Waals surface area contributed by atoms with Gasteiger partial charge >= 0.3 is 0 Å². The minimum Gasteiger partial charge on any atom is -0.373 e. The van der Waals surface area contributed by atoms with E-state index in [1.807, 2.05) is 0 Å². The van der Waals surface area contributed by atoms with Crippen molar-refractivity contribution in [2.45, 2.75) is 44.1 Å². The van der Waals surface area contributed by atoms with Crippen molar-refractivity contribution < 1.29 is 24.2 Å². The molecular formula is C17H22N2O5. The Morgan fingerprint density at radius 1 is 1.29 bits per heavy atom. The molecule has 2 rings (SSSR count). The molecule has 0 aliphatic carbocycles. The number of imide groups is 1. The molecule has 0 spiro atoms. The summed E-state index contributed by atoms with van der Waals surface area (Å²) in [4.78, 5) is 38.6. The van der Waals surface area contributed by atoms with Crippen LogP contribution in [0.5, 0.6) is 0 Å². The van der Waals surface area contributed by atoms with Gasteiger partial charge in [0, 0.05) is 20.0 Å². The van der Waals surface area contributed by atoms with Crippen LogP contribution >= 0.6 is 0 Å². The Bertz CT molecular complexity index is 660. The summed E-state index contributed by atoms with van der Waals surface area (Å²) in [7, 11) is 1.24. The molecule has 3 N–H and O–H groups in total. The second-order valence-electron chi connectivity index (χ2n) is 6.04. The molecule has 0 bridgehead atoms. The molecule has 1 saturated heterocycles. The topological polar surface area (TPSA) is 110 Å². The highest BCUT2D eigenvalue weighted by Crippen LogP contribution is 2.42. The van der Waals surface area contributed by atoms with Gasteiger partial charge in [-0.15, -0.1) is 0 Å². The summed E-state index contributed by atoms with van der Waals surface area (Å²) in [6.07, 6.45) is -0.405. The van der Waals surface area contributed by atoms with E-state index in [2.05, 4.69) is 0 Å². The molecule has 7 nitrogen and oxygen atoms in total. The lowest BCUT2D eigenvalue weighted by Crippen LogP contribution is -2.68. The van der Waals surface area contributed by atoms with E-state index < -0.39 is 35.0 Å². The van der Waals surface area contributed by atoms with Gasteiger partial charge in [-0.1, -0.05) is 30.3 Å². The van der Waals surface area contributed by atoms with E-state index in [1.165, 1.54) is 21.0 Å². The van der Waals surface area contributed by atoms with Crippen LogP contribution in [0.15, 0.2) is 30.3 Å². The molecule has 0 saturated carbocycles. The number of ether oxygens (including phenoxy) is 1. The van der Waals surface area contributed by atoms with Crippen LogP contribution in [0, 0.1) is 0 Å². The molecule has 1 fully saturated rings. The Balaban J connectivity index is 2.73. The van der Waals surface area contributed by atoms with Crippen molar-refractivity contribution >= 4 is 17.6 Å². The second-order valence-corrected chi connectivity index (χ2v) is 6.04. The standard InChI is InChI=1S/C17H22N2O5/c1-11(18)15(22)19-14(21)10-9-13(20)17(23,16(19,2)24-3)12-7-5-4-6-8-12/h4-8,11,23H,9-10,18H2,1-3H3/t11-,16+,17?/m0/s1. The minimum atomic E-state index is -2.19. The predicted molar refractivity (Wildman–Crippen MR) is 85.5 cm³/mol. The number of ketones is 1. The number of benzene rings is 1. The maximum atomic E-state index is 12.7. The normalized spacial score (nSPS) is 29.3. The van der Waals surface area contributed by atoms with Crippen LogP contribution in [0.25, 0.3) is 0 Å². The molecule has 24 heavy (non-hydrogen) atoms. The third kappa shape index (κ3) is 2.54. The van der Waals surface area contributed by atoms with E-state index in [0.717, 1.165) is 4.90 Å². The number of Topliss-reactive ketones (excluding diaryl/α,β-unsaturated/α-hetero) is 1. The SMILES string of the molecule is CO[C@@]1(C)N(C(=O)[C@H](C)N)C(=O)CCC(=O)C1(O)c1ccccc1. The highest BCUT2D eigenvalue weighted by atomic mass is 16.5. The molecular weight excluding hydrogens is 312 g/mol. The van der Waals surface area contributed by atoms with Crippen LogP contribution in [0.2, 0.25) is 0 Å². The van der Waals surface area contributed by atoms with Crippen molar-refractivity contribution in [2.24, 2.45) is 5.73 Å². The van der Waals surface area contributed by atoms with Gasteiger partial charge in [0.15, 0.2) is 17.1 Å². The Kier molecular flexibility index (Phi) is 4.89. The van der Waals surface area contributed by atoms with Gasteiger partial charge in [-0.25, -0.2) is 4.90 Å². The summed E-state index contributed by atoms with van der Waals surface area (Å²) in [5.74, 6) is -1.92. The van der Waals surface area contributed by atoms with Crippen LogP contribution in [-0.2, 0) is 24.7 Å². The van der Waals surface area contributed by atoms with Crippen LogP contribution < -0.4 is 5.73 Å². The summed E-state index contributed by atoms with van der Waals surface area (Å²) < 4.78 is 5.41. The zero-order chi connectivity index (χ0) is 18.1. The van der Waals surface area contributed by atoms with Crippen molar-refractivity contribution in [2.75, 3.05) is 7.11 Å². The molecule has 130 valence electrons. The van der Waals surface area contributed by atoms with Crippen molar-refractivity contribution in [3.8, 4) is 0 Å². The third-order valence-corrected chi connectivity index (χ3v) is 4.52. The van der Waals surface area contributed by atoms with Gasteiger partial charge < -0.3 is 15.6 Å². The number of hydrogen-bond donors (Lipinski definition) is 2. The van der Waals surface area contributed by atoms with Gasteiger partial charge in [0.1, 0.15) is 0 Å². The maximum Gasteiger partial charge on any atom is 0.248 e. The van der Waals surface area contributed by atoms with Gasteiger partial charge in [0.05, 0.1) is 6.04 Å². The van der Waals surface area contributed by atoms with Gasteiger partial charge in [-0.3, -0.25) is 14.4 Å². The van der Waals surface area contributed by atoms with Crippen molar-refractivity contribution in [3.63, 3.8) is 0 Å². The fourth-order valence-electron chi connectivity index (χ4n) is 3.06. The number of amides is 2. The fraction of sp³-hybridized carbons (Fsp3) is 0.471. The summed E-state index contributed by atoms with van der Waals surface area (Å²) in [5, 5.41) is 11.4. The molecule has 1 aliphatic rings. The number of hydrogen-bond acceptors (Lipinski definition) is 6. The van der Waals surface area contributed by atoms with Crippen molar-refractivity contribution in [1.29, 1.82) is 0 Å². The van der Waals surface area contributed by atoms with Crippen molar-refractivity contribution in [1.82, 2.24) is 4.90 Å². The molecule has 1 aliphatic heterocycles. The zero-order valence-corrected chi connectivity index (χ0v) is 14.0. The number of carbonyl (C=O) groups is 3. The lowest BCUT2D eigenvalue weighted by molar-refractivity contribution is -0.230. The lowest BCUT2D eigenvalue weighted by Gasteiger charge is -2.47. The second kappa shape index (κ2) is 6.43. The first kappa shape index (κ1) is 18.3. The molecule has 1 unspecified atom stereocenters. The number of aliphatic hydroxyl groups is 1. The Morgan fingerprint density at radius 2 is 1.88 bits per heavy atom. The molecule has 1 aromatic rings. The number of methoxy groups -OCH3 is 1. The van der Waals surface area contributed by atoms with E-state index in [-0.39, 0.29) is 18.4 Å². The van der Waals surface area contributed by atoms with Crippen LogP contribution in [0.4, 0.5) is 0 Å². The number of likely N-dealkylation sites (tertiary alicyclic amines) is 1. The van der Waals surface area contributed by atoms with Crippen LogP contribution in [0.3, 0.4) is 0 Å². The van der Waals surface area contributed by atoms with Gasteiger partial charge in [-0.2, -0.15) is 0 Å². The molecule has 2 amide bonds. The maximum absolute atomic E-state index is 12.7. The van der Waals surface area contributed by atoms with Gasteiger partial charge in [-0.05, 0) is 19.4 Å². The largest absolute Gasteiger partial charge is 0.373 e. The summed E-state index contributed by atoms with van der Waals surface area (Å²) in [6.45, 7) is 2.78. The van der Waals surface area contributed by atoms with E-state index in [0.29, 0.717) is 0 Å². The zero-order valence-electron chi connectivity index (χ0n) is 14.0. The van der Waals surface area contributed by atoms with E-state index in [4.69, 9.17) is 10.5 Å². The van der Waals surface area contributed by atoms with E-state index in [9.17, 15) is 19.5 Å². The number of nitrogens with zero attached hydrogens (tertiary/aromatic N) is 1. The highest BCUT2D eigenvalue weighted by Gasteiger charge is 2.62. The average molecular weight is 334 g/mol. The molecule has 3 atom stereocenters. The monoisotopic (exact) mass is 334 g/mol. The minimum absolute atomic E-state index is 0.202. The lowest BCUT2D eigenvalue weighted by atomic mass is 9.79. The van der Waals surface area contributed by atoms with E-state index in [1.54, 1.807) is 30.3 Å². The highest BCUT2D eigenvalue weighted by molar-refractivity contribution is 6.03. The first-order valence-corrected chi connectivity index (χ1v) is 7.69. The Morgan fingerprint density at radius 3 is 2.38 bits per heavy atom. The number of carbonyl (C=O) groups excluding carboxylic acids is 3. The quantitative estimate of drug-likeness (QED) is 0.823. The van der Waals surface area contributed by atoms with Gasteiger partial charge in [0.2, 0.25) is 11.8 Å². The smallest absolute Gasteiger partial charge is 0.248 e. The molecule has 7 heteroatoms. The molecule has 1 heterocycles. The Hall–Kier alpha value is -2.09. The van der Waals surface area contributed by atoms with Crippen molar-refractivity contribution in [3.05, 3.63) is 35.9 Å². The van der Waals surface area contributed by atoms with Crippen LogP contribution in [0.1, 0.15) is 32.3 Å². The Labute approximate surface area is 140 Å². The predicted octanol–water partition coefficient (Wildman–Crippen LogP) is 0.302. The first-order valence-electron chi connectivity index (χ1n) is 7.69. The summed E-state index contributed by atoms with van der Waals surface area (Å²) in [5.41, 5.74) is 1.79.